The molecule has 1 aliphatic carbocycles. The van der Waals surface area contributed by atoms with Crippen molar-refractivity contribution >= 4 is 22.8 Å². The first-order chi connectivity index (χ1) is 17.2. The first-order valence-corrected chi connectivity index (χ1v) is 12.3. The number of esters is 1. The van der Waals surface area contributed by atoms with E-state index in [4.69, 9.17) is 4.74 Å². The number of amides is 1. The van der Waals surface area contributed by atoms with Gasteiger partial charge in [0.25, 0.3) is 5.91 Å². The van der Waals surface area contributed by atoms with Crippen LogP contribution in [0.5, 0.6) is 0 Å². The fourth-order valence-corrected chi connectivity index (χ4v) is 5.14. The van der Waals surface area contributed by atoms with Crippen LogP contribution in [0.15, 0.2) is 48.7 Å². The van der Waals surface area contributed by atoms with Gasteiger partial charge in [-0.3, -0.25) is 9.59 Å². The number of aryl methyl sites for hydroxylation is 1. The monoisotopic (exact) mass is 500 g/mol. The molecule has 36 heavy (non-hydrogen) atoms. The molecule has 1 fully saturated rings. The number of benzene rings is 2. The van der Waals surface area contributed by atoms with Crippen LogP contribution in [0.1, 0.15) is 59.7 Å². The molecular weight excluding hydrogens is 469 g/mol. The third kappa shape index (κ3) is 5.58. The molecule has 0 atom stereocenters. The predicted molar refractivity (Wildman–Crippen MR) is 132 cm³/mol. The molecule has 2 aromatic carbocycles. The minimum atomic E-state index is -4.37. The summed E-state index contributed by atoms with van der Waals surface area (Å²) in [6, 6.07) is 11.0. The van der Waals surface area contributed by atoms with Crippen LogP contribution in [0.2, 0.25) is 0 Å². The molecule has 1 saturated carbocycles. The third-order valence-electron chi connectivity index (χ3n) is 7.19. The Balaban J connectivity index is 1.52. The average Bonchev–Trinajstić information content (AvgIpc) is 3.27. The number of fused-ring (bicyclic) bond motifs is 1. The van der Waals surface area contributed by atoms with Crippen molar-refractivity contribution in [2.45, 2.75) is 51.7 Å². The SMILES string of the molecule is CCn1cc(C(=O)NC[C@H]2CC[C@H](C(=O)OC)CC2)c2c(Cc3ccc(C(F)(F)F)cc3)cccc21. The van der Waals surface area contributed by atoms with Crippen molar-refractivity contribution < 1.29 is 27.5 Å². The van der Waals surface area contributed by atoms with Gasteiger partial charge in [0.1, 0.15) is 0 Å². The highest BCUT2D eigenvalue weighted by Gasteiger charge is 2.30. The number of hydrogen-bond acceptors (Lipinski definition) is 3. The Hall–Kier alpha value is -3.29. The molecule has 3 aromatic rings. The fraction of sp³-hybridized carbons (Fsp3) is 0.429. The van der Waals surface area contributed by atoms with Gasteiger partial charge in [0.15, 0.2) is 0 Å². The quantitative estimate of drug-likeness (QED) is 0.406. The Bertz CT molecular complexity index is 1220. The molecule has 1 aliphatic rings. The molecule has 0 aliphatic heterocycles. The molecular formula is C28H31F3N2O3. The summed E-state index contributed by atoms with van der Waals surface area (Å²) in [6.45, 7) is 3.22. The molecule has 1 N–H and O–H groups in total. The van der Waals surface area contributed by atoms with Gasteiger partial charge in [0.05, 0.1) is 24.2 Å². The van der Waals surface area contributed by atoms with E-state index in [2.05, 4.69) is 5.32 Å². The number of hydrogen-bond donors (Lipinski definition) is 1. The Labute approximate surface area is 208 Å². The van der Waals surface area contributed by atoms with Crippen molar-refractivity contribution in [3.8, 4) is 0 Å². The number of carbonyl (C=O) groups excluding carboxylic acids is 2. The zero-order valence-corrected chi connectivity index (χ0v) is 20.5. The molecule has 1 amide bonds. The van der Waals surface area contributed by atoms with E-state index in [0.717, 1.165) is 59.8 Å². The minimum Gasteiger partial charge on any atom is -0.469 e. The van der Waals surface area contributed by atoms with Gasteiger partial charge in [0, 0.05) is 30.2 Å². The number of aromatic nitrogens is 1. The molecule has 0 radical (unpaired) electrons. The van der Waals surface area contributed by atoms with E-state index in [9.17, 15) is 22.8 Å². The van der Waals surface area contributed by atoms with Crippen molar-refractivity contribution in [3.05, 3.63) is 70.9 Å². The van der Waals surface area contributed by atoms with Crippen LogP contribution in [0, 0.1) is 11.8 Å². The highest BCUT2D eigenvalue weighted by Crippen LogP contribution is 2.32. The van der Waals surface area contributed by atoms with E-state index < -0.39 is 11.7 Å². The lowest BCUT2D eigenvalue weighted by Crippen LogP contribution is -2.32. The second kappa shape index (κ2) is 10.8. The summed E-state index contributed by atoms with van der Waals surface area (Å²) in [6.07, 6.45) is 1.14. The van der Waals surface area contributed by atoms with Crippen LogP contribution in [-0.4, -0.2) is 30.1 Å². The summed E-state index contributed by atoms with van der Waals surface area (Å²) in [7, 11) is 1.41. The fourth-order valence-electron chi connectivity index (χ4n) is 5.14. The van der Waals surface area contributed by atoms with Crippen LogP contribution in [0.3, 0.4) is 0 Å². The van der Waals surface area contributed by atoms with Crippen molar-refractivity contribution in [1.82, 2.24) is 9.88 Å². The van der Waals surface area contributed by atoms with E-state index in [1.807, 2.05) is 35.9 Å². The third-order valence-corrected chi connectivity index (χ3v) is 7.19. The number of alkyl halides is 3. The molecule has 8 heteroatoms. The van der Waals surface area contributed by atoms with Gasteiger partial charge in [-0.1, -0.05) is 24.3 Å². The summed E-state index contributed by atoms with van der Waals surface area (Å²) in [4.78, 5) is 25.0. The smallest absolute Gasteiger partial charge is 0.416 e. The lowest BCUT2D eigenvalue weighted by Gasteiger charge is -2.26. The topological polar surface area (TPSA) is 60.3 Å². The summed E-state index contributed by atoms with van der Waals surface area (Å²) < 4.78 is 45.7. The van der Waals surface area contributed by atoms with Gasteiger partial charge in [-0.2, -0.15) is 13.2 Å². The summed E-state index contributed by atoms with van der Waals surface area (Å²) >= 11 is 0. The maximum Gasteiger partial charge on any atom is 0.416 e. The Kier molecular flexibility index (Phi) is 7.71. The predicted octanol–water partition coefficient (Wildman–Crippen LogP) is 5.98. The lowest BCUT2D eigenvalue weighted by atomic mass is 9.82. The highest BCUT2D eigenvalue weighted by atomic mass is 19.4. The standard InChI is InChI=1S/C28H31F3N2O3/c1-3-33-17-23(26(34)32-16-19-7-11-20(12-8-19)27(35)36-2)25-21(5-4-6-24(25)33)15-18-9-13-22(14-10-18)28(29,30)31/h4-6,9-10,13-14,17,19-20H,3,7-8,11-12,15-16H2,1-2H3,(H,32,34)/t19-,20-. The van der Waals surface area contributed by atoms with Gasteiger partial charge in [-0.25, -0.2) is 0 Å². The maximum atomic E-state index is 13.3. The van der Waals surface area contributed by atoms with Crippen LogP contribution in [0.25, 0.3) is 10.9 Å². The van der Waals surface area contributed by atoms with Crippen LogP contribution in [0.4, 0.5) is 13.2 Å². The average molecular weight is 501 g/mol. The summed E-state index contributed by atoms with van der Waals surface area (Å²) in [5.74, 6) is -0.0779. The molecule has 1 aromatic heterocycles. The van der Waals surface area contributed by atoms with Crippen LogP contribution in [-0.2, 0) is 28.7 Å². The number of methoxy groups -OCH3 is 1. The van der Waals surface area contributed by atoms with Gasteiger partial charge >= 0.3 is 12.1 Å². The number of carbonyl (C=O) groups is 2. The van der Waals surface area contributed by atoms with Crippen molar-refractivity contribution in [2.24, 2.45) is 11.8 Å². The molecule has 0 spiro atoms. The molecule has 5 nitrogen and oxygen atoms in total. The van der Waals surface area contributed by atoms with Crippen molar-refractivity contribution in [1.29, 1.82) is 0 Å². The molecule has 192 valence electrons. The number of halogens is 3. The van der Waals surface area contributed by atoms with E-state index >= 15 is 0 Å². The normalized spacial score (nSPS) is 18.2. The Morgan fingerprint density at radius 2 is 1.75 bits per heavy atom. The first kappa shape index (κ1) is 25.8. The zero-order chi connectivity index (χ0) is 25.9. The van der Waals surface area contributed by atoms with E-state index in [-0.39, 0.29) is 17.8 Å². The molecule has 1 heterocycles. The number of rotatable bonds is 7. The second-order valence-corrected chi connectivity index (χ2v) is 9.46. The minimum absolute atomic E-state index is 0.0581. The maximum absolute atomic E-state index is 13.3. The number of nitrogens with zero attached hydrogens (tertiary/aromatic N) is 1. The summed E-state index contributed by atoms with van der Waals surface area (Å²) in [5.41, 5.74) is 2.45. The van der Waals surface area contributed by atoms with Crippen LogP contribution < -0.4 is 5.32 Å². The van der Waals surface area contributed by atoms with Gasteiger partial charge in [0.2, 0.25) is 0 Å². The van der Waals surface area contributed by atoms with E-state index in [1.54, 1.807) is 0 Å². The highest BCUT2D eigenvalue weighted by molar-refractivity contribution is 6.08. The first-order valence-electron chi connectivity index (χ1n) is 12.3. The number of nitrogens with one attached hydrogen (secondary N) is 1. The molecule has 4 rings (SSSR count). The molecule has 0 saturated heterocycles. The second-order valence-electron chi connectivity index (χ2n) is 9.46. The molecule has 0 bridgehead atoms. The molecule has 0 unspecified atom stereocenters. The van der Waals surface area contributed by atoms with Gasteiger partial charge < -0.3 is 14.6 Å². The number of ether oxygens (including phenoxy) is 1. The Morgan fingerprint density at radius 3 is 2.36 bits per heavy atom. The van der Waals surface area contributed by atoms with Crippen molar-refractivity contribution in [2.75, 3.05) is 13.7 Å². The lowest BCUT2D eigenvalue weighted by molar-refractivity contribution is -0.146. The van der Waals surface area contributed by atoms with E-state index in [0.29, 0.717) is 31.0 Å². The van der Waals surface area contributed by atoms with Gasteiger partial charge in [-0.15, -0.1) is 0 Å². The zero-order valence-electron chi connectivity index (χ0n) is 20.5. The van der Waals surface area contributed by atoms with Crippen molar-refractivity contribution in [3.63, 3.8) is 0 Å². The van der Waals surface area contributed by atoms with Gasteiger partial charge in [-0.05, 0) is 74.3 Å². The Morgan fingerprint density at radius 1 is 1.06 bits per heavy atom. The largest absolute Gasteiger partial charge is 0.469 e. The van der Waals surface area contributed by atoms with E-state index in [1.165, 1.54) is 19.2 Å². The summed E-state index contributed by atoms with van der Waals surface area (Å²) in [5, 5.41) is 3.90. The van der Waals surface area contributed by atoms with Crippen LogP contribution >= 0.6 is 0 Å².